The van der Waals surface area contributed by atoms with Crippen molar-refractivity contribution in [3.05, 3.63) is 20.8 Å². The lowest BCUT2D eigenvalue weighted by Crippen LogP contribution is -2.01. The Kier molecular flexibility index (Phi) is 2.01. The number of rotatable bonds is 1. The lowest BCUT2D eigenvalue weighted by atomic mass is 10.3. The van der Waals surface area contributed by atoms with E-state index in [0.29, 0.717) is 4.91 Å². The molecule has 1 aliphatic rings. The van der Waals surface area contributed by atoms with Gasteiger partial charge in [0.2, 0.25) is 5.88 Å². The fraction of sp³-hybridized carbons (Fsp3) is 0. The molecule has 0 bridgehead atoms. The third-order valence-corrected chi connectivity index (χ3v) is 2.36. The van der Waals surface area contributed by atoms with Gasteiger partial charge in [-0.05, 0) is 17.8 Å². The zero-order valence-electron chi connectivity index (χ0n) is 6.87. The van der Waals surface area contributed by atoms with E-state index in [9.17, 15) is 9.90 Å². The van der Waals surface area contributed by atoms with Crippen molar-refractivity contribution in [2.45, 2.75) is 0 Å². The minimum atomic E-state index is -0.401. The number of thioether (sulfide) groups is 1. The summed E-state index contributed by atoms with van der Waals surface area (Å²) < 4.78 is 0. The maximum absolute atomic E-state index is 11.1. The quantitative estimate of drug-likeness (QED) is 0.542. The van der Waals surface area contributed by atoms with E-state index in [1.54, 1.807) is 0 Å². The van der Waals surface area contributed by atoms with Crippen LogP contribution in [-0.4, -0.2) is 26.7 Å². The van der Waals surface area contributed by atoms with Crippen LogP contribution in [0.4, 0.5) is 0 Å². The third-order valence-electron chi connectivity index (χ3n) is 1.60. The number of amidine groups is 1. The number of aromatic nitrogens is 2. The molecular weight excluding hydrogens is 204 g/mol. The molecule has 1 aliphatic heterocycles. The highest BCUT2D eigenvalue weighted by Crippen LogP contribution is 2.24. The van der Waals surface area contributed by atoms with Gasteiger partial charge in [-0.2, -0.15) is 0 Å². The summed E-state index contributed by atoms with van der Waals surface area (Å²) in [7, 11) is 0. The fourth-order valence-corrected chi connectivity index (χ4v) is 1.60. The highest BCUT2D eigenvalue weighted by Gasteiger charge is 2.11. The van der Waals surface area contributed by atoms with Crippen molar-refractivity contribution in [2.75, 3.05) is 0 Å². The molecule has 72 valence electrons. The number of aliphatic imine (C=N–C) groups is 1. The smallest absolute Gasteiger partial charge is 0.275 e. The van der Waals surface area contributed by atoms with E-state index in [0.717, 1.165) is 11.8 Å². The van der Waals surface area contributed by atoms with Gasteiger partial charge in [-0.1, -0.05) is 0 Å². The number of allylic oxidation sites excluding steroid dienone is 1. The van der Waals surface area contributed by atoms with Crippen molar-refractivity contribution < 1.29 is 5.11 Å². The van der Waals surface area contributed by atoms with Crippen LogP contribution in [0.3, 0.4) is 0 Å². The molecule has 7 heteroatoms. The van der Waals surface area contributed by atoms with E-state index in [2.05, 4.69) is 15.2 Å². The number of hydrogen-bond acceptors (Lipinski definition) is 4. The van der Waals surface area contributed by atoms with Gasteiger partial charge < -0.3 is 5.11 Å². The molecule has 0 saturated heterocycles. The lowest BCUT2D eigenvalue weighted by Gasteiger charge is -1.89. The monoisotopic (exact) mass is 210 g/mol. The van der Waals surface area contributed by atoms with E-state index >= 15 is 0 Å². The van der Waals surface area contributed by atoms with Crippen molar-refractivity contribution in [1.29, 1.82) is 5.41 Å². The molecule has 0 saturated carbocycles. The van der Waals surface area contributed by atoms with Crippen LogP contribution in [0.2, 0.25) is 0 Å². The first-order valence-electron chi connectivity index (χ1n) is 3.68. The Labute approximate surface area is 82.3 Å². The predicted octanol–water partition coefficient (Wildman–Crippen LogP) is 0.502. The van der Waals surface area contributed by atoms with Gasteiger partial charge in [0.25, 0.3) is 5.56 Å². The Morgan fingerprint density at radius 3 is 2.86 bits per heavy atom. The molecule has 0 aromatic carbocycles. The van der Waals surface area contributed by atoms with E-state index in [-0.39, 0.29) is 16.6 Å². The molecule has 1 aromatic heterocycles. The van der Waals surface area contributed by atoms with Gasteiger partial charge >= 0.3 is 0 Å². The van der Waals surface area contributed by atoms with E-state index < -0.39 is 5.56 Å². The third kappa shape index (κ3) is 1.49. The molecule has 1 aromatic rings. The number of aromatic amines is 2. The summed E-state index contributed by atoms with van der Waals surface area (Å²) in [5.74, 6) is -0.213. The van der Waals surface area contributed by atoms with Crippen molar-refractivity contribution in [3.63, 3.8) is 0 Å². The van der Waals surface area contributed by atoms with Crippen LogP contribution in [-0.2, 0) is 0 Å². The van der Waals surface area contributed by atoms with Gasteiger partial charge in [0.05, 0.1) is 0 Å². The molecule has 14 heavy (non-hydrogen) atoms. The molecule has 6 nitrogen and oxygen atoms in total. The SMILES string of the molecule is N=C1N=C/C(=C/c2c(O)[nH][nH]c2=O)S1. The number of aromatic hydroxyl groups is 1. The topological polar surface area (TPSA) is 105 Å². The van der Waals surface area contributed by atoms with Gasteiger partial charge in [-0.25, -0.2) is 4.99 Å². The maximum Gasteiger partial charge on any atom is 0.275 e. The molecule has 0 spiro atoms. The zero-order valence-corrected chi connectivity index (χ0v) is 7.68. The Morgan fingerprint density at radius 1 is 1.57 bits per heavy atom. The maximum atomic E-state index is 11.1. The first-order chi connectivity index (χ1) is 6.66. The fourth-order valence-electron chi connectivity index (χ4n) is 0.988. The summed E-state index contributed by atoms with van der Waals surface area (Å²) in [5, 5.41) is 21.1. The number of nitrogens with one attached hydrogen (secondary N) is 3. The first-order valence-corrected chi connectivity index (χ1v) is 4.50. The summed E-state index contributed by atoms with van der Waals surface area (Å²) >= 11 is 1.13. The average molecular weight is 210 g/mol. The Bertz CT molecular complexity index is 496. The Balaban J connectivity index is 2.39. The molecule has 2 heterocycles. The van der Waals surface area contributed by atoms with E-state index in [1.807, 2.05) is 0 Å². The van der Waals surface area contributed by atoms with Crippen molar-refractivity contribution >= 4 is 29.2 Å². The van der Waals surface area contributed by atoms with Gasteiger partial charge in [-0.15, -0.1) is 0 Å². The molecule has 0 amide bonds. The van der Waals surface area contributed by atoms with Crippen molar-refractivity contribution in [3.8, 4) is 5.88 Å². The van der Waals surface area contributed by atoms with Crippen LogP contribution < -0.4 is 5.56 Å². The standard InChI is InChI=1S/C7H6N4O2S/c8-7-9-2-3(14-7)1-4-5(12)10-11-6(4)13/h1-2,8H,(H3,10,11,12,13)/b3-1-,8-7?. The van der Waals surface area contributed by atoms with Crippen LogP contribution in [0.15, 0.2) is 14.7 Å². The summed E-state index contributed by atoms with van der Waals surface area (Å²) in [4.78, 5) is 15.5. The molecule has 0 radical (unpaired) electrons. The second kappa shape index (κ2) is 3.18. The number of nitrogens with zero attached hydrogens (tertiary/aromatic N) is 1. The summed E-state index contributed by atoms with van der Waals surface area (Å²) in [6.07, 6.45) is 2.94. The number of hydrogen-bond donors (Lipinski definition) is 4. The molecule has 2 rings (SSSR count). The number of H-pyrrole nitrogens is 2. The predicted molar refractivity (Wildman–Crippen MR) is 54.9 cm³/mol. The zero-order chi connectivity index (χ0) is 10.1. The second-order valence-corrected chi connectivity index (χ2v) is 3.62. The van der Waals surface area contributed by atoms with Crippen LogP contribution in [0, 0.1) is 5.41 Å². The van der Waals surface area contributed by atoms with Crippen molar-refractivity contribution in [1.82, 2.24) is 10.2 Å². The minimum absolute atomic E-state index is 0.147. The van der Waals surface area contributed by atoms with Gasteiger partial charge in [-0.3, -0.25) is 20.4 Å². The van der Waals surface area contributed by atoms with Gasteiger partial charge in [0.15, 0.2) is 5.17 Å². The van der Waals surface area contributed by atoms with Crippen LogP contribution in [0.5, 0.6) is 5.88 Å². The molecule has 0 unspecified atom stereocenters. The second-order valence-electron chi connectivity index (χ2n) is 2.55. The van der Waals surface area contributed by atoms with Crippen LogP contribution in [0.1, 0.15) is 5.56 Å². The summed E-state index contributed by atoms with van der Waals surface area (Å²) in [6, 6.07) is 0. The minimum Gasteiger partial charge on any atom is -0.493 e. The average Bonchev–Trinajstić information content (AvgIpc) is 2.67. The Hall–Kier alpha value is -1.76. The van der Waals surface area contributed by atoms with Gasteiger partial charge in [0.1, 0.15) is 5.56 Å². The molecule has 0 atom stereocenters. The van der Waals surface area contributed by atoms with Crippen LogP contribution in [0.25, 0.3) is 6.08 Å². The van der Waals surface area contributed by atoms with Gasteiger partial charge in [0, 0.05) is 11.1 Å². The summed E-state index contributed by atoms with van der Waals surface area (Å²) in [6.45, 7) is 0. The van der Waals surface area contributed by atoms with E-state index in [4.69, 9.17) is 5.41 Å². The Morgan fingerprint density at radius 2 is 2.36 bits per heavy atom. The normalized spacial score (nSPS) is 18.3. The summed E-state index contributed by atoms with van der Waals surface area (Å²) in [5.41, 5.74) is -0.254. The molecule has 0 aliphatic carbocycles. The van der Waals surface area contributed by atoms with Crippen molar-refractivity contribution in [2.24, 2.45) is 4.99 Å². The lowest BCUT2D eigenvalue weighted by molar-refractivity contribution is 0.451. The molecule has 0 fully saturated rings. The van der Waals surface area contributed by atoms with Crippen LogP contribution >= 0.6 is 11.8 Å². The van der Waals surface area contributed by atoms with E-state index in [1.165, 1.54) is 12.3 Å². The highest BCUT2D eigenvalue weighted by molar-refractivity contribution is 8.18. The molecular formula is C7H6N4O2S. The first kappa shape index (κ1) is 8.82. The molecule has 4 N–H and O–H groups in total. The highest BCUT2D eigenvalue weighted by atomic mass is 32.2. The largest absolute Gasteiger partial charge is 0.493 e.